The molecule has 0 saturated heterocycles. The Bertz CT molecular complexity index is 564. The maximum absolute atomic E-state index is 4.43. The van der Waals surface area contributed by atoms with Gasteiger partial charge >= 0.3 is 0 Å². The molecule has 0 aromatic carbocycles. The second kappa shape index (κ2) is 31.0. The summed E-state index contributed by atoms with van der Waals surface area (Å²) in [5.74, 6) is 0. The molecule has 0 N–H and O–H groups in total. The molecule has 0 aliphatic carbocycles. The lowest BCUT2D eigenvalue weighted by atomic mass is 10.0. The fraction of sp³-hybridized carbons (Fsp3) is 0.895. The van der Waals surface area contributed by atoms with Crippen molar-refractivity contribution in [3.63, 3.8) is 0 Å². The molecule has 1 radical (unpaired) electrons. The molecule has 2 heteroatoms. The van der Waals surface area contributed by atoms with Gasteiger partial charge in [0.2, 0.25) is 0 Å². The van der Waals surface area contributed by atoms with Crippen molar-refractivity contribution >= 4 is 0 Å². The van der Waals surface area contributed by atoms with Crippen molar-refractivity contribution in [3.8, 4) is 0 Å². The largest absolute Gasteiger partial charge is 0.230 e. The summed E-state index contributed by atoms with van der Waals surface area (Å²) in [5, 5.41) is 0. The molecule has 1 heterocycles. The van der Waals surface area contributed by atoms with E-state index in [2.05, 4.69) is 36.2 Å². The molecule has 2 nitrogen and oxygen atoms in total. The molecule has 0 spiro atoms. The Balaban J connectivity index is 1.86. The molecule has 0 amide bonds. The Hall–Kier alpha value is -0.920. The predicted octanol–water partition coefficient (Wildman–Crippen LogP) is 13.1. The fourth-order valence-electron chi connectivity index (χ4n) is 6.02. The zero-order valence-electron chi connectivity index (χ0n) is 27.6. The average molecular weight is 556 g/mol. The molecular weight excluding hydrogens is 484 g/mol. The number of rotatable bonds is 32. The Kier molecular flexibility index (Phi) is 28.8. The molecule has 233 valence electrons. The molecule has 0 unspecified atom stereocenters. The van der Waals surface area contributed by atoms with E-state index in [4.69, 9.17) is 0 Å². The molecule has 1 aromatic heterocycles. The van der Waals surface area contributed by atoms with Crippen molar-refractivity contribution in [3.05, 3.63) is 23.8 Å². The summed E-state index contributed by atoms with van der Waals surface area (Å²) < 4.78 is 0. The fourth-order valence-corrected chi connectivity index (χ4v) is 6.02. The molecule has 1 rings (SSSR count). The van der Waals surface area contributed by atoms with Gasteiger partial charge in [0, 0.05) is 11.4 Å². The van der Waals surface area contributed by atoms with Crippen LogP contribution < -0.4 is 0 Å². The molecular formula is C38H71N2. The Morgan fingerprint density at radius 2 is 0.575 bits per heavy atom. The quantitative estimate of drug-likeness (QED) is 0.0826. The monoisotopic (exact) mass is 556 g/mol. The topological polar surface area (TPSA) is 25.8 Å². The average Bonchev–Trinajstić information content (AvgIpc) is 2.97. The summed E-state index contributed by atoms with van der Waals surface area (Å²) in [7, 11) is 0. The van der Waals surface area contributed by atoms with Crippen LogP contribution in [0.25, 0.3) is 0 Å². The summed E-state index contributed by atoms with van der Waals surface area (Å²) >= 11 is 0. The lowest BCUT2D eigenvalue weighted by Gasteiger charge is -2.05. The van der Waals surface area contributed by atoms with Gasteiger partial charge in [-0.05, 0) is 31.7 Å². The van der Waals surface area contributed by atoms with Crippen LogP contribution in [0.4, 0.5) is 0 Å². The molecule has 1 aromatic rings. The number of nitrogens with zero attached hydrogens (tertiary/aromatic N) is 2. The summed E-state index contributed by atoms with van der Waals surface area (Å²) in [5.41, 5.74) is 2.42. The molecule has 0 saturated carbocycles. The van der Waals surface area contributed by atoms with Gasteiger partial charge in [0.05, 0.1) is 0 Å². The number of aromatic nitrogens is 2. The first-order valence-corrected chi connectivity index (χ1v) is 18.6. The van der Waals surface area contributed by atoms with E-state index >= 15 is 0 Å². The minimum Gasteiger partial charge on any atom is -0.230 e. The Morgan fingerprint density at radius 3 is 0.825 bits per heavy atom. The van der Waals surface area contributed by atoms with E-state index in [9.17, 15) is 0 Å². The van der Waals surface area contributed by atoms with Crippen LogP contribution in [0, 0.1) is 6.33 Å². The first-order chi connectivity index (χ1) is 19.9. The van der Waals surface area contributed by atoms with Crippen LogP contribution in [0.1, 0.15) is 218 Å². The van der Waals surface area contributed by atoms with Crippen LogP contribution in [0.15, 0.2) is 6.07 Å². The molecule has 0 bridgehead atoms. The van der Waals surface area contributed by atoms with Gasteiger partial charge in [0.15, 0.2) is 6.33 Å². The first-order valence-electron chi connectivity index (χ1n) is 18.6. The van der Waals surface area contributed by atoms with Crippen LogP contribution in [0.2, 0.25) is 0 Å². The summed E-state index contributed by atoms with van der Waals surface area (Å²) in [6, 6.07) is 2.25. The minimum atomic E-state index is 1.10. The SMILES string of the molecule is CCCCCCCCCCCCCCCCCc1cc(CCCCCCCCCCCCCCCCC)n[c]n1. The number of hydrogen-bond donors (Lipinski definition) is 0. The normalized spacial score (nSPS) is 11.4. The Morgan fingerprint density at radius 1 is 0.350 bits per heavy atom. The smallest absolute Gasteiger partial charge is 0.198 e. The van der Waals surface area contributed by atoms with Gasteiger partial charge in [0.1, 0.15) is 0 Å². The summed E-state index contributed by atoms with van der Waals surface area (Å²) in [6.07, 6.45) is 47.7. The van der Waals surface area contributed by atoms with Crippen LogP contribution in [0.5, 0.6) is 0 Å². The van der Waals surface area contributed by atoms with Crippen LogP contribution in [0.3, 0.4) is 0 Å². The summed E-state index contributed by atoms with van der Waals surface area (Å²) in [6.45, 7) is 4.60. The van der Waals surface area contributed by atoms with Gasteiger partial charge in [-0.3, -0.25) is 0 Å². The van der Waals surface area contributed by atoms with E-state index in [-0.39, 0.29) is 0 Å². The van der Waals surface area contributed by atoms with E-state index < -0.39 is 0 Å². The van der Waals surface area contributed by atoms with Crippen LogP contribution >= 0.6 is 0 Å². The highest BCUT2D eigenvalue weighted by Gasteiger charge is 2.02. The number of hydrogen-bond acceptors (Lipinski definition) is 2. The molecule has 0 fully saturated rings. The van der Waals surface area contributed by atoms with E-state index in [1.165, 1.54) is 204 Å². The standard InChI is InChI=1S/C38H71N2/c1-3-5-7-9-11-13-15-17-19-21-23-25-27-29-31-33-37-35-38(40-36-39-37)34-32-30-28-26-24-22-20-18-16-14-12-10-8-6-4-2/h35H,3-34H2,1-2H3. The van der Waals surface area contributed by atoms with Crippen molar-refractivity contribution in [2.24, 2.45) is 0 Å². The van der Waals surface area contributed by atoms with Crippen molar-refractivity contribution in [2.45, 2.75) is 219 Å². The lowest BCUT2D eigenvalue weighted by molar-refractivity contribution is 0.531. The van der Waals surface area contributed by atoms with Gasteiger partial charge in [-0.15, -0.1) is 0 Å². The van der Waals surface area contributed by atoms with Gasteiger partial charge < -0.3 is 0 Å². The van der Waals surface area contributed by atoms with Gasteiger partial charge in [-0.2, -0.15) is 0 Å². The molecule has 40 heavy (non-hydrogen) atoms. The third-order valence-electron chi connectivity index (χ3n) is 8.79. The van der Waals surface area contributed by atoms with Gasteiger partial charge in [0.25, 0.3) is 0 Å². The highest BCUT2D eigenvalue weighted by atomic mass is 14.8. The van der Waals surface area contributed by atoms with Crippen molar-refractivity contribution in [2.75, 3.05) is 0 Å². The van der Waals surface area contributed by atoms with E-state index in [0.717, 1.165) is 12.8 Å². The third kappa shape index (κ3) is 26.0. The zero-order chi connectivity index (χ0) is 28.6. The lowest BCUT2D eigenvalue weighted by Crippen LogP contribution is -1.97. The molecule has 0 atom stereocenters. The van der Waals surface area contributed by atoms with E-state index in [1.54, 1.807) is 0 Å². The van der Waals surface area contributed by atoms with E-state index in [1.807, 2.05) is 0 Å². The minimum absolute atomic E-state index is 1.10. The molecule has 0 aliphatic heterocycles. The molecule has 0 aliphatic rings. The van der Waals surface area contributed by atoms with Crippen LogP contribution in [-0.2, 0) is 12.8 Å². The first kappa shape index (κ1) is 37.1. The van der Waals surface area contributed by atoms with Crippen molar-refractivity contribution in [1.82, 2.24) is 9.97 Å². The third-order valence-corrected chi connectivity index (χ3v) is 8.79. The summed E-state index contributed by atoms with van der Waals surface area (Å²) in [4.78, 5) is 8.86. The van der Waals surface area contributed by atoms with Gasteiger partial charge in [-0.25, -0.2) is 9.97 Å². The maximum Gasteiger partial charge on any atom is 0.198 e. The maximum atomic E-state index is 4.43. The predicted molar refractivity (Wildman–Crippen MR) is 178 cm³/mol. The van der Waals surface area contributed by atoms with Crippen LogP contribution in [-0.4, -0.2) is 9.97 Å². The van der Waals surface area contributed by atoms with Crippen molar-refractivity contribution < 1.29 is 0 Å². The van der Waals surface area contributed by atoms with Crippen molar-refractivity contribution in [1.29, 1.82) is 0 Å². The number of unbranched alkanes of at least 4 members (excludes halogenated alkanes) is 28. The van der Waals surface area contributed by atoms with Gasteiger partial charge in [-0.1, -0.05) is 194 Å². The highest BCUT2D eigenvalue weighted by molar-refractivity contribution is 5.08. The Labute approximate surface area is 252 Å². The zero-order valence-corrected chi connectivity index (χ0v) is 27.6. The van der Waals surface area contributed by atoms with E-state index in [0.29, 0.717) is 0 Å². The second-order valence-corrected chi connectivity index (χ2v) is 12.9. The second-order valence-electron chi connectivity index (χ2n) is 12.9. The highest BCUT2D eigenvalue weighted by Crippen LogP contribution is 2.16. The number of aryl methyl sites for hydroxylation is 2.